The van der Waals surface area contributed by atoms with Crippen molar-refractivity contribution in [2.24, 2.45) is 0 Å². The number of aromatic nitrogens is 2. The van der Waals surface area contributed by atoms with Gasteiger partial charge in [0.2, 0.25) is 0 Å². The zero-order valence-corrected chi connectivity index (χ0v) is 16.4. The average molecular weight is 377 g/mol. The number of halogens is 1. The van der Waals surface area contributed by atoms with Crippen molar-refractivity contribution < 1.29 is 4.42 Å². The van der Waals surface area contributed by atoms with Gasteiger partial charge in [0.05, 0.1) is 17.3 Å². The Bertz CT molecular complexity index is 1130. The van der Waals surface area contributed by atoms with Crippen LogP contribution in [0.15, 0.2) is 53.1 Å². The summed E-state index contributed by atoms with van der Waals surface area (Å²) >= 11 is 6.04. The Labute approximate surface area is 163 Å². The molecule has 2 aromatic heterocycles. The molecule has 0 spiro atoms. The Hall–Kier alpha value is -2.78. The molecule has 2 heterocycles. The Kier molecular flexibility index (Phi) is 4.63. The number of nitrogens with zero attached hydrogens (tertiary/aromatic N) is 2. The van der Waals surface area contributed by atoms with E-state index in [0.29, 0.717) is 0 Å². The molecule has 4 rings (SSSR count). The molecule has 27 heavy (non-hydrogen) atoms. The number of furan rings is 1. The molecule has 0 amide bonds. The van der Waals surface area contributed by atoms with E-state index in [1.165, 1.54) is 16.7 Å². The Balaban J connectivity index is 1.82. The first kappa shape index (κ1) is 17.6. The van der Waals surface area contributed by atoms with Crippen LogP contribution in [0, 0.1) is 20.8 Å². The minimum Gasteiger partial charge on any atom is -0.465 e. The van der Waals surface area contributed by atoms with Crippen molar-refractivity contribution in [3.8, 4) is 0 Å². The van der Waals surface area contributed by atoms with Gasteiger partial charge in [-0.2, -0.15) is 0 Å². The molecule has 0 aliphatic carbocycles. The Morgan fingerprint density at radius 2 is 1.70 bits per heavy atom. The average Bonchev–Trinajstić information content (AvgIpc) is 3.19. The molecule has 0 unspecified atom stereocenters. The zero-order chi connectivity index (χ0) is 19.0. The summed E-state index contributed by atoms with van der Waals surface area (Å²) in [5.74, 6) is 1.76. The number of rotatable bonds is 4. The van der Waals surface area contributed by atoms with Gasteiger partial charge in [0.25, 0.3) is 0 Å². The monoisotopic (exact) mass is 376 g/mol. The summed E-state index contributed by atoms with van der Waals surface area (Å²) < 4.78 is 7.77. The lowest BCUT2D eigenvalue weighted by Crippen LogP contribution is -2.02. The standard InChI is InChI=1S/C23H21ClN2O/c1-15-10-11-27-22(15)8-9-23-25-20-12-16(2)17(3)13-21(20)26(23)14-18-4-6-19(24)7-5-18/h4-13H,14H2,1-3H3. The van der Waals surface area contributed by atoms with E-state index in [1.807, 2.05) is 37.3 Å². The molecule has 0 saturated carbocycles. The topological polar surface area (TPSA) is 31.0 Å². The van der Waals surface area contributed by atoms with Crippen molar-refractivity contribution >= 4 is 34.8 Å². The summed E-state index contributed by atoms with van der Waals surface area (Å²) in [6, 6.07) is 14.3. The number of fused-ring (bicyclic) bond motifs is 1. The summed E-state index contributed by atoms with van der Waals surface area (Å²) in [5.41, 5.74) is 6.93. The highest BCUT2D eigenvalue weighted by molar-refractivity contribution is 6.30. The van der Waals surface area contributed by atoms with Crippen LogP contribution in [0.25, 0.3) is 23.2 Å². The molecule has 3 nitrogen and oxygen atoms in total. The predicted octanol–water partition coefficient (Wildman–Crippen LogP) is 6.43. The minimum atomic E-state index is 0.729. The van der Waals surface area contributed by atoms with Crippen molar-refractivity contribution in [1.82, 2.24) is 9.55 Å². The van der Waals surface area contributed by atoms with Crippen molar-refractivity contribution in [3.05, 3.63) is 87.6 Å². The zero-order valence-electron chi connectivity index (χ0n) is 15.7. The third-order valence-electron chi connectivity index (χ3n) is 4.93. The highest BCUT2D eigenvalue weighted by Gasteiger charge is 2.11. The molecule has 0 N–H and O–H groups in total. The lowest BCUT2D eigenvalue weighted by molar-refractivity contribution is 0.555. The second kappa shape index (κ2) is 7.09. The number of benzene rings is 2. The molecule has 0 atom stereocenters. The predicted molar refractivity (Wildman–Crippen MR) is 112 cm³/mol. The van der Waals surface area contributed by atoms with Crippen LogP contribution in [0.2, 0.25) is 5.02 Å². The second-order valence-corrected chi connectivity index (χ2v) is 7.35. The molecular formula is C23H21ClN2O. The summed E-state index contributed by atoms with van der Waals surface area (Å²) in [6.45, 7) is 7.02. The van der Waals surface area contributed by atoms with Gasteiger partial charge in [-0.25, -0.2) is 4.98 Å². The van der Waals surface area contributed by atoms with Crippen LogP contribution in [0.1, 0.15) is 33.8 Å². The van der Waals surface area contributed by atoms with Gasteiger partial charge in [-0.15, -0.1) is 0 Å². The number of imidazole rings is 1. The van der Waals surface area contributed by atoms with E-state index >= 15 is 0 Å². The second-order valence-electron chi connectivity index (χ2n) is 6.91. The van der Waals surface area contributed by atoms with Crippen LogP contribution >= 0.6 is 11.6 Å². The van der Waals surface area contributed by atoms with Crippen LogP contribution in [-0.2, 0) is 6.54 Å². The first-order chi connectivity index (χ1) is 13.0. The summed E-state index contributed by atoms with van der Waals surface area (Å²) in [7, 11) is 0. The fraction of sp³-hybridized carbons (Fsp3) is 0.174. The molecule has 4 aromatic rings. The van der Waals surface area contributed by atoms with Gasteiger partial charge < -0.3 is 8.98 Å². The lowest BCUT2D eigenvalue weighted by Gasteiger charge is -2.09. The van der Waals surface area contributed by atoms with Gasteiger partial charge in [0.1, 0.15) is 11.6 Å². The molecule has 2 aromatic carbocycles. The van der Waals surface area contributed by atoms with E-state index in [0.717, 1.165) is 39.7 Å². The van der Waals surface area contributed by atoms with E-state index in [-0.39, 0.29) is 0 Å². The molecule has 0 aliphatic heterocycles. The molecule has 0 radical (unpaired) electrons. The van der Waals surface area contributed by atoms with Gasteiger partial charge in [-0.3, -0.25) is 0 Å². The first-order valence-electron chi connectivity index (χ1n) is 8.95. The molecule has 0 aliphatic rings. The quantitative estimate of drug-likeness (QED) is 0.411. The highest BCUT2D eigenvalue weighted by Crippen LogP contribution is 2.24. The summed E-state index contributed by atoms with van der Waals surface area (Å²) in [5, 5.41) is 0.745. The molecule has 0 fully saturated rings. The maximum Gasteiger partial charge on any atom is 0.134 e. The Morgan fingerprint density at radius 1 is 0.963 bits per heavy atom. The van der Waals surface area contributed by atoms with Crippen LogP contribution in [0.4, 0.5) is 0 Å². The fourth-order valence-corrected chi connectivity index (χ4v) is 3.30. The maximum absolute atomic E-state index is 6.04. The lowest BCUT2D eigenvalue weighted by atomic mass is 10.1. The van der Waals surface area contributed by atoms with Gasteiger partial charge in [-0.05, 0) is 85.5 Å². The fourth-order valence-electron chi connectivity index (χ4n) is 3.17. The van der Waals surface area contributed by atoms with Crippen LogP contribution in [0.5, 0.6) is 0 Å². The van der Waals surface area contributed by atoms with Gasteiger partial charge in [0, 0.05) is 11.6 Å². The molecular weight excluding hydrogens is 356 g/mol. The van der Waals surface area contributed by atoms with Crippen LogP contribution in [-0.4, -0.2) is 9.55 Å². The van der Waals surface area contributed by atoms with Gasteiger partial charge >= 0.3 is 0 Å². The van der Waals surface area contributed by atoms with Crippen molar-refractivity contribution in [2.45, 2.75) is 27.3 Å². The smallest absolute Gasteiger partial charge is 0.134 e. The largest absolute Gasteiger partial charge is 0.465 e. The molecule has 0 bridgehead atoms. The third kappa shape index (κ3) is 3.56. The number of hydrogen-bond donors (Lipinski definition) is 0. The minimum absolute atomic E-state index is 0.729. The third-order valence-corrected chi connectivity index (χ3v) is 5.18. The van der Waals surface area contributed by atoms with E-state index in [9.17, 15) is 0 Å². The highest BCUT2D eigenvalue weighted by atomic mass is 35.5. The van der Waals surface area contributed by atoms with Crippen molar-refractivity contribution in [3.63, 3.8) is 0 Å². The number of hydrogen-bond acceptors (Lipinski definition) is 2. The summed E-state index contributed by atoms with van der Waals surface area (Å²) in [4.78, 5) is 4.87. The van der Waals surface area contributed by atoms with Crippen molar-refractivity contribution in [1.29, 1.82) is 0 Å². The molecule has 0 saturated heterocycles. The molecule has 4 heteroatoms. The van der Waals surface area contributed by atoms with E-state index < -0.39 is 0 Å². The van der Waals surface area contributed by atoms with E-state index in [1.54, 1.807) is 6.26 Å². The van der Waals surface area contributed by atoms with Gasteiger partial charge in [0.15, 0.2) is 0 Å². The van der Waals surface area contributed by atoms with E-state index in [2.05, 4.69) is 42.7 Å². The Morgan fingerprint density at radius 3 is 2.41 bits per heavy atom. The summed E-state index contributed by atoms with van der Waals surface area (Å²) in [6.07, 6.45) is 5.71. The normalized spacial score (nSPS) is 11.7. The van der Waals surface area contributed by atoms with Crippen molar-refractivity contribution in [2.75, 3.05) is 0 Å². The maximum atomic E-state index is 6.04. The number of aryl methyl sites for hydroxylation is 3. The molecule has 136 valence electrons. The van der Waals surface area contributed by atoms with Crippen LogP contribution < -0.4 is 0 Å². The SMILES string of the molecule is Cc1cc2nc(C=Cc3occc3C)n(Cc3ccc(Cl)cc3)c2cc1C. The van der Waals surface area contributed by atoms with Crippen LogP contribution in [0.3, 0.4) is 0 Å². The van der Waals surface area contributed by atoms with E-state index in [4.69, 9.17) is 21.0 Å². The van der Waals surface area contributed by atoms with Gasteiger partial charge in [-0.1, -0.05) is 23.7 Å². The first-order valence-corrected chi connectivity index (χ1v) is 9.33.